The van der Waals surface area contributed by atoms with Crippen molar-refractivity contribution in [2.24, 2.45) is 28.6 Å². The van der Waals surface area contributed by atoms with Crippen molar-refractivity contribution < 1.29 is 0 Å². The molecule has 2 fully saturated rings. The Morgan fingerprint density at radius 1 is 1.27 bits per heavy atom. The van der Waals surface area contributed by atoms with Gasteiger partial charge >= 0.3 is 0 Å². The Bertz CT molecular complexity index is 323. The summed E-state index contributed by atoms with van der Waals surface area (Å²) < 4.78 is 0. The van der Waals surface area contributed by atoms with E-state index in [2.05, 4.69) is 33.8 Å². The van der Waals surface area contributed by atoms with E-state index < -0.39 is 0 Å². The van der Waals surface area contributed by atoms with Crippen LogP contribution in [0.1, 0.15) is 53.4 Å². The van der Waals surface area contributed by atoms with Crippen molar-refractivity contribution in [2.45, 2.75) is 53.4 Å². The van der Waals surface area contributed by atoms with Gasteiger partial charge in [-0.1, -0.05) is 32.4 Å². The van der Waals surface area contributed by atoms with Gasteiger partial charge in [-0.3, -0.25) is 0 Å². The highest BCUT2D eigenvalue weighted by atomic mass is 14.7. The first-order valence-electron chi connectivity index (χ1n) is 6.65. The lowest BCUT2D eigenvalue weighted by Gasteiger charge is -2.40. The van der Waals surface area contributed by atoms with Crippen LogP contribution in [-0.2, 0) is 0 Å². The molecule has 2 bridgehead atoms. The van der Waals surface area contributed by atoms with E-state index in [9.17, 15) is 0 Å². The zero-order valence-electron chi connectivity index (χ0n) is 10.6. The van der Waals surface area contributed by atoms with Crippen molar-refractivity contribution in [3.63, 3.8) is 0 Å². The molecule has 0 nitrogen and oxygen atoms in total. The van der Waals surface area contributed by atoms with Crippen LogP contribution >= 0.6 is 0 Å². The SMILES string of the molecule is CC1=CC[C@]23C[C@H](CC[C@H]2C)C(C)(C)[C@H]13. The average Bonchev–Trinajstić information content (AvgIpc) is 2.58. The van der Waals surface area contributed by atoms with Crippen LogP contribution in [0, 0.1) is 28.6 Å². The molecule has 0 aromatic rings. The standard InChI is InChI=1S/C15H24/c1-10-7-8-15-9-12(6-5-11(15)2)14(3,4)13(10)15/h7,11-13H,5-6,8-9H2,1-4H3/t11-,12+,13+,15+/m1/s1. The third-order valence-electron chi connectivity index (χ3n) is 6.19. The average molecular weight is 204 g/mol. The lowest BCUT2D eigenvalue weighted by molar-refractivity contribution is 0.104. The van der Waals surface area contributed by atoms with Gasteiger partial charge in [0, 0.05) is 0 Å². The third-order valence-corrected chi connectivity index (χ3v) is 6.19. The fourth-order valence-corrected chi connectivity index (χ4v) is 5.43. The molecule has 1 spiro atoms. The second kappa shape index (κ2) is 2.70. The minimum Gasteiger partial charge on any atom is -0.0847 e. The first-order valence-corrected chi connectivity index (χ1v) is 6.65. The van der Waals surface area contributed by atoms with Crippen LogP contribution in [0.5, 0.6) is 0 Å². The van der Waals surface area contributed by atoms with E-state index in [4.69, 9.17) is 0 Å². The van der Waals surface area contributed by atoms with Gasteiger partial charge in [0.05, 0.1) is 0 Å². The zero-order chi connectivity index (χ0) is 10.8. The first-order chi connectivity index (χ1) is 6.98. The molecule has 3 rings (SSSR count). The topological polar surface area (TPSA) is 0 Å². The molecule has 0 heteroatoms. The summed E-state index contributed by atoms with van der Waals surface area (Å²) in [4.78, 5) is 0. The first kappa shape index (κ1) is 9.93. The largest absolute Gasteiger partial charge is 0.0847 e. The van der Waals surface area contributed by atoms with Crippen molar-refractivity contribution in [2.75, 3.05) is 0 Å². The van der Waals surface area contributed by atoms with Gasteiger partial charge < -0.3 is 0 Å². The molecule has 0 N–H and O–H groups in total. The molecular formula is C15H24. The molecule has 0 aliphatic heterocycles. The summed E-state index contributed by atoms with van der Waals surface area (Å²) in [7, 11) is 0. The fraction of sp³-hybridized carbons (Fsp3) is 0.867. The van der Waals surface area contributed by atoms with Crippen LogP contribution < -0.4 is 0 Å². The molecule has 0 aromatic heterocycles. The monoisotopic (exact) mass is 204 g/mol. The van der Waals surface area contributed by atoms with Gasteiger partial charge in [0.1, 0.15) is 0 Å². The molecule has 0 amide bonds. The molecule has 0 saturated heterocycles. The lowest BCUT2D eigenvalue weighted by Crippen LogP contribution is -2.33. The predicted octanol–water partition coefficient (Wildman–Crippen LogP) is 4.42. The van der Waals surface area contributed by atoms with Gasteiger partial charge in [-0.15, -0.1) is 0 Å². The Labute approximate surface area is 94.1 Å². The van der Waals surface area contributed by atoms with E-state index in [1.54, 1.807) is 5.57 Å². The van der Waals surface area contributed by atoms with Crippen LogP contribution in [0.2, 0.25) is 0 Å². The second-order valence-electron chi connectivity index (χ2n) is 7.02. The number of fused-ring (bicyclic) bond motifs is 1. The summed E-state index contributed by atoms with van der Waals surface area (Å²) in [6.45, 7) is 9.96. The quantitative estimate of drug-likeness (QED) is 0.513. The summed E-state index contributed by atoms with van der Waals surface area (Å²) in [6, 6.07) is 0. The normalized spacial score (nSPS) is 51.5. The van der Waals surface area contributed by atoms with E-state index in [0.29, 0.717) is 10.8 Å². The second-order valence-corrected chi connectivity index (χ2v) is 7.02. The van der Waals surface area contributed by atoms with E-state index in [1.807, 2.05) is 0 Å². The Balaban J connectivity index is 2.11. The summed E-state index contributed by atoms with van der Waals surface area (Å²) in [5, 5.41) is 0. The Kier molecular flexibility index (Phi) is 1.79. The van der Waals surface area contributed by atoms with Gasteiger partial charge in [0.15, 0.2) is 0 Å². The maximum Gasteiger partial charge on any atom is -0.00898 e. The third kappa shape index (κ3) is 0.990. The van der Waals surface area contributed by atoms with Crippen molar-refractivity contribution in [3.8, 4) is 0 Å². The van der Waals surface area contributed by atoms with E-state index in [1.165, 1.54) is 25.7 Å². The number of rotatable bonds is 0. The van der Waals surface area contributed by atoms with E-state index >= 15 is 0 Å². The highest BCUT2D eigenvalue weighted by molar-refractivity contribution is 5.27. The van der Waals surface area contributed by atoms with Crippen molar-refractivity contribution in [1.29, 1.82) is 0 Å². The smallest absolute Gasteiger partial charge is 0.00898 e. The van der Waals surface area contributed by atoms with Crippen LogP contribution in [0.25, 0.3) is 0 Å². The lowest BCUT2D eigenvalue weighted by atomic mass is 9.64. The van der Waals surface area contributed by atoms with Crippen molar-refractivity contribution >= 4 is 0 Å². The number of hydrogen-bond donors (Lipinski definition) is 0. The Morgan fingerprint density at radius 2 is 2.00 bits per heavy atom. The molecule has 15 heavy (non-hydrogen) atoms. The number of hydrogen-bond acceptors (Lipinski definition) is 0. The molecule has 0 radical (unpaired) electrons. The van der Waals surface area contributed by atoms with Gasteiger partial charge in [0.2, 0.25) is 0 Å². The molecule has 2 saturated carbocycles. The number of allylic oxidation sites excluding steroid dienone is 2. The maximum atomic E-state index is 2.55. The van der Waals surface area contributed by atoms with E-state index in [-0.39, 0.29) is 0 Å². The summed E-state index contributed by atoms with van der Waals surface area (Å²) in [5.41, 5.74) is 2.95. The molecule has 0 heterocycles. The summed E-state index contributed by atoms with van der Waals surface area (Å²) in [5.74, 6) is 2.85. The summed E-state index contributed by atoms with van der Waals surface area (Å²) in [6.07, 6.45) is 8.40. The van der Waals surface area contributed by atoms with Crippen LogP contribution in [0.15, 0.2) is 11.6 Å². The van der Waals surface area contributed by atoms with Gasteiger partial charge in [-0.05, 0) is 61.2 Å². The van der Waals surface area contributed by atoms with Gasteiger partial charge in [0.25, 0.3) is 0 Å². The van der Waals surface area contributed by atoms with Crippen molar-refractivity contribution in [3.05, 3.63) is 11.6 Å². The molecule has 3 aliphatic carbocycles. The maximum absolute atomic E-state index is 2.55. The molecular weight excluding hydrogens is 180 g/mol. The highest BCUT2D eigenvalue weighted by Crippen LogP contribution is 2.71. The Hall–Kier alpha value is -0.260. The molecule has 0 unspecified atom stereocenters. The van der Waals surface area contributed by atoms with Crippen LogP contribution in [0.3, 0.4) is 0 Å². The zero-order valence-corrected chi connectivity index (χ0v) is 10.6. The Morgan fingerprint density at radius 3 is 2.73 bits per heavy atom. The minimum absolute atomic E-state index is 0.571. The van der Waals surface area contributed by atoms with Crippen LogP contribution in [0.4, 0.5) is 0 Å². The highest BCUT2D eigenvalue weighted by Gasteiger charge is 2.62. The fourth-order valence-electron chi connectivity index (χ4n) is 5.43. The molecule has 4 atom stereocenters. The molecule has 3 aliphatic rings. The van der Waals surface area contributed by atoms with Crippen molar-refractivity contribution in [1.82, 2.24) is 0 Å². The summed E-state index contributed by atoms with van der Waals surface area (Å²) >= 11 is 0. The predicted molar refractivity (Wildman–Crippen MR) is 64.6 cm³/mol. The van der Waals surface area contributed by atoms with Gasteiger partial charge in [-0.2, -0.15) is 0 Å². The van der Waals surface area contributed by atoms with Gasteiger partial charge in [-0.25, -0.2) is 0 Å². The van der Waals surface area contributed by atoms with E-state index in [0.717, 1.165) is 17.8 Å². The molecule has 0 aromatic carbocycles. The minimum atomic E-state index is 0.571. The molecule has 84 valence electrons. The van der Waals surface area contributed by atoms with Crippen LogP contribution in [-0.4, -0.2) is 0 Å².